The highest BCUT2D eigenvalue weighted by molar-refractivity contribution is 5.79. The highest BCUT2D eigenvalue weighted by atomic mass is 16.2. The van der Waals surface area contributed by atoms with Gasteiger partial charge in [0, 0.05) is 13.6 Å². The van der Waals surface area contributed by atoms with Crippen LogP contribution in [0, 0.1) is 0 Å². The van der Waals surface area contributed by atoms with Gasteiger partial charge in [0.15, 0.2) is 0 Å². The number of hydrogen-bond donors (Lipinski definition) is 1. The molecule has 2 N–H and O–H groups in total. The van der Waals surface area contributed by atoms with Crippen LogP contribution in [-0.2, 0) is 4.79 Å². The maximum absolute atomic E-state index is 11.7. The molecule has 0 aliphatic heterocycles. The van der Waals surface area contributed by atoms with E-state index < -0.39 is 6.04 Å². The first-order valence-electron chi connectivity index (χ1n) is 4.36. The number of amides is 1. The van der Waals surface area contributed by atoms with Crippen molar-refractivity contribution in [2.45, 2.75) is 19.9 Å². The van der Waals surface area contributed by atoms with E-state index in [9.17, 15) is 4.79 Å². The molecule has 7 heteroatoms. The smallest absolute Gasteiger partial charge is 0.247 e. The number of anilines is 1. The van der Waals surface area contributed by atoms with Gasteiger partial charge in [0.25, 0.3) is 0 Å². The Kier molecular flexibility index (Phi) is 3.00. The SMILES string of the molecule is CCN(C)C(=O)C(C)n1nnnc1N. The number of carbonyl (C=O) groups is 1. The van der Waals surface area contributed by atoms with E-state index in [-0.39, 0.29) is 11.9 Å². The van der Waals surface area contributed by atoms with Crippen molar-refractivity contribution in [2.75, 3.05) is 19.3 Å². The van der Waals surface area contributed by atoms with Gasteiger partial charge in [0.2, 0.25) is 11.9 Å². The number of aromatic nitrogens is 4. The van der Waals surface area contributed by atoms with E-state index in [1.165, 1.54) is 4.68 Å². The Balaban J connectivity index is 2.80. The Morgan fingerprint density at radius 3 is 2.79 bits per heavy atom. The largest absolute Gasteiger partial charge is 0.367 e. The van der Waals surface area contributed by atoms with E-state index in [0.717, 1.165) is 0 Å². The maximum Gasteiger partial charge on any atom is 0.247 e. The van der Waals surface area contributed by atoms with Gasteiger partial charge in [-0.15, -0.1) is 0 Å². The van der Waals surface area contributed by atoms with Gasteiger partial charge in [-0.25, -0.2) is 0 Å². The van der Waals surface area contributed by atoms with Crippen molar-refractivity contribution in [3.63, 3.8) is 0 Å². The average molecular weight is 198 g/mol. The van der Waals surface area contributed by atoms with E-state index in [0.29, 0.717) is 6.54 Å². The fourth-order valence-corrected chi connectivity index (χ4v) is 1.06. The molecule has 0 radical (unpaired) electrons. The molecule has 0 aliphatic carbocycles. The third-order valence-electron chi connectivity index (χ3n) is 2.09. The summed E-state index contributed by atoms with van der Waals surface area (Å²) in [5.41, 5.74) is 5.48. The van der Waals surface area contributed by atoms with Crippen molar-refractivity contribution >= 4 is 11.9 Å². The summed E-state index contributed by atoms with van der Waals surface area (Å²) in [6.45, 7) is 4.25. The third kappa shape index (κ3) is 1.81. The molecule has 0 spiro atoms. The molecular formula is C7H14N6O. The number of hydrogen-bond acceptors (Lipinski definition) is 5. The molecule has 1 amide bonds. The van der Waals surface area contributed by atoms with Crippen molar-refractivity contribution < 1.29 is 4.79 Å². The van der Waals surface area contributed by atoms with Crippen LogP contribution >= 0.6 is 0 Å². The van der Waals surface area contributed by atoms with Crippen LogP contribution < -0.4 is 5.73 Å². The number of likely N-dealkylation sites (N-methyl/N-ethyl adjacent to an activating group) is 1. The van der Waals surface area contributed by atoms with Gasteiger partial charge in [0.1, 0.15) is 6.04 Å². The molecule has 0 bridgehead atoms. The molecule has 0 saturated heterocycles. The minimum Gasteiger partial charge on any atom is -0.367 e. The minimum atomic E-state index is -0.463. The summed E-state index contributed by atoms with van der Waals surface area (Å²) in [6.07, 6.45) is 0. The second kappa shape index (κ2) is 4.03. The van der Waals surface area contributed by atoms with Crippen molar-refractivity contribution in [2.24, 2.45) is 0 Å². The molecule has 0 saturated carbocycles. The Morgan fingerprint density at radius 2 is 2.36 bits per heavy atom. The fraction of sp³-hybridized carbons (Fsp3) is 0.714. The van der Waals surface area contributed by atoms with Gasteiger partial charge in [-0.1, -0.05) is 5.10 Å². The fourth-order valence-electron chi connectivity index (χ4n) is 1.06. The van der Waals surface area contributed by atoms with Gasteiger partial charge < -0.3 is 10.6 Å². The monoisotopic (exact) mass is 198 g/mol. The molecule has 1 aromatic rings. The van der Waals surface area contributed by atoms with Crippen LogP contribution in [0.4, 0.5) is 5.95 Å². The lowest BCUT2D eigenvalue weighted by molar-refractivity contribution is -0.133. The second-order valence-electron chi connectivity index (χ2n) is 3.01. The van der Waals surface area contributed by atoms with Crippen molar-refractivity contribution in [3.8, 4) is 0 Å². The maximum atomic E-state index is 11.7. The minimum absolute atomic E-state index is 0.0634. The summed E-state index contributed by atoms with van der Waals surface area (Å²) in [5, 5.41) is 10.5. The summed E-state index contributed by atoms with van der Waals surface area (Å²) in [5.74, 6) is 0.0850. The molecule has 7 nitrogen and oxygen atoms in total. The zero-order chi connectivity index (χ0) is 10.7. The Labute approximate surface area is 81.9 Å². The lowest BCUT2D eigenvalue weighted by atomic mass is 10.3. The van der Waals surface area contributed by atoms with Crippen molar-refractivity contribution in [1.82, 2.24) is 25.1 Å². The van der Waals surface area contributed by atoms with Crippen LogP contribution in [0.5, 0.6) is 0 Å². The number of nitrogens with zero attached hydrogens (tertiary/aromatic N) is 5. The molecule has 0 fully saturated rings. The predicted molar refractivity (Wildman–Crippen MR) is 50.3 cm³/mol. The zero-order valence-electron chi connectivity index (χ0n) is 8.51. The second-order valence-corrected chi connectivity index (χ2v) is 3.01. The molecule has 78 valence electrons. The number of nitrogens with two attached hydrogens (primary N) is 1. The number of rotatable bonds is 3. The molecule has 14 heavy (non-hydrogen) atoms. The quantitative estimate of drug-likeness (QED) is 0.693. The van der Waals surface area contributed by atoms with E-state index in [1.807, 2.05) is 6.92 Å². The summed E-state index contributed by atoms with van der Waals surface area (Å²) < 4.78 is 1.30. The van der Waals surface area contributed by atoms with Crippen LogP contribution in [0.15, 0.2) is 0 Å². The van der Waals surface area contributed by atoms with Crippen LogP contribution in [0.1, 0.15) is 19.9 Å². The molecule has 1 rings (SSSR count). The van der Waals surface area contributed by atoms with Gasteiger partial charge in [-0.3, -0.25) is 4.79 Å². The summed E-state index contributed by atoms with van der Waals surface area (Å²) in [4.78, 5) is 13.3. The molecule has 0 aliphatic rings. The lowest BCUT2D eigenvalue weighted by Crippen LogP contribution is -2.33. The summed E-state index contributed by atoms with van der Waals surface area (Å²) in [6, 6.07) is -0.463. The Bertz CT molecular complexity index is 322. The third-order valence-corrected chi connectivity index (χ3v) is 2.09. The summed E-state index contributed by atoms with van der Waals surface area (Å²) in [7, 11) is 1.72. The van der Waals surface area contributed by atoms with Crippen molar-refractivity contribution in [3.05, 3.63) is 0 Å². The lowest BCUT2D eigenvalue weighted by Gasteiger charge is -2.19. The molecule has 1 heterocycles. The standard InChI is InChI=1S/C7H14N6O/c1-4-12(3)6(14)5(2)13-7(8)9-10-11-13/h5H,4H2,1-3H3,(H2,8,9,11). The highest BCUT2D eigenvalue weighted by Gasteiger charge is 2.21. The molecule has 1 unspecified atom stereocenters. The van der Waals surface area contributed by atoms with Crippen LogP contribution in [0.3, 0.4) is 0 Å². The topological polar surface area (TPSA) is 89.9 Å². The first-order chi connectivity index (χ1) is 6.57. The van der Waals surface area contributed by atoms with Gasteiger partial charge in [-0.2, -0.15) is 4.68 Å². The zero-order valence-corrected chi connectivity index (χ0v) is 8.51. The van der Waals surface area contributed by atoms with E-state index >= 15 is 0 Å². The van der Waals surface area contributed by atoms with Crippen LogP contribution in [0.25, 0.3) is 0 Å². The average Bonchev–Trinajstić information content (AvgIpc) is 2.61. The first-order valence-corrected chi connectivity index (χ1v) is 4.36. The van der Waals surface area contributed by atoms with Crippen molar-refractivity contribution in [1.29, 1.82) is 0 Å². The van der Waals surface area contributed by atoms with E-state index in [2.05, 4.69) is 15.5 Å². The normalized spacial score (nSPS) is 12.5. The molecular weight excluding hydrogens is 184 g/mol. The highest BCUT2D eigenvalue weighted by Crippen LogP contribution is 2.09. The number of tetrazole rings is 1. The van der Waals surface area contributed by atoms with Crippen LogP contribution in [-0.4, -0.2) is 44.6 Å². The van der Waals surface area contributed by atoms with Crippen LogP contribution in [0.2, 0.25) is 0 Å². The van der Waals surface area contributed by atoms with E-state index in [1.54, 1.807) is 18.9 Å². The molecule has 1 aromatic heterocycles. The molecule has 0 aromatic carbocycles. The van der Waals surface area contributed by atoms with E-state index in [4.69, 9.17) is 5.73 Å². The molecule has 1 atom stereocenters. The predicted octanol–water partition coefficient (Wildman–Crippen LogP) is -0.705. The first kappa shape index (κ1) is 10.4. The number of nitrogen functional groups attached to an aromatic ring is 1. The Morgan fingerprint density at radius 1 is 1.71 bits per heavy atom. The number of carbonyl (C=O) groups excluding carboxylic acids is 1. The van der Waals surface area contributed by atoms with Gasteiger partial charge in [-0.05, 0) is 24.3 Å². The van der Waals surface area contributed by atoms with Gasteiger partial charge in [0.05, 0.1) is 0 Å². The van der Waals surface area contributed by atoms with Gasteiger partial charge >= 0.3 is 0 Å². The Hall–Kier alpha value is -1.66. The summed E-state index contributed by atoms with van der Waals surface area (Å²) >= 11 is 0.